The molecule has 0 bridgehead atoms. The second kappa shape index (κ2) is 10.0. The smallest absolute Gasteiger partial charge is 0.319 e. The summed E-state index contributed by atoms with van der Waals surface area (Å²) in [7, 11) is 1.32. The molecular formula is C21H23ClF3N3O2. The number of urea groups is 1. The van der Waals surface area contributed by atoms with Crippen molar-refractivity contribution >= 4 is 23.3 Å². The van der Waals surface area contributed by atoms with Gasteiger partial charge in [0.1, 0.15) is 24.1 Å². The Kier molecular flexibility index (Phi) is 7.44. The summed E-state index contributed by atoms with van der Waals surface area (Å²) in [5.41, 5.74) is 0.390. The van der Waals surface area contributed by atoms with Crippen LogP contribution in [0.25, 0.3) is 0 Å². The van der Waals surface area contributed by atoms with Crippen LogP contribution >= 0.6 is 11.6 Å². The highest BCUT2D eigenvalue weighted by Crippen LogP contribution is 2.33. The van der Waals surface area contributed by atoms with Crippen molar-refractivity contribution in [3.63, 3.8) is 0 Å². The van der Waals surface area contributed by atoms with Gasteiger partial charge in [-0.2, -0.15) is 0 Å². The number of benzene rings is 2. The first-order valence-electron chi connectivity index (χ1n) is 9.55. The normalized spacial score (nSPS) is 19.4. The zero-order chi connectivity index (χ0) is 21.7. The summed E-state index contributed by atoms with van der Waals surface area (Å²) >= 11 is 5.84. The van der Waals surface area contributed by atoms with Crippen LogP contribution in [0.2, 0.25) is 5.02 Å². The van der Waals surface area contributed by atoms with E-state index >= 15 is 0 Å². The molecule has 2 aromatic carbocycles. The Labute approximate surface area is 178 Å². The molecule has 30 heavy (non-hydrogen) atoms. The minimum atomic E-state index is -0.760. The van der Waals surface area contributed by atoms with E-state index in [1.807, 2.05) is 0 Å². The van der Waals surface area contributed by atoms with E-state index < -0.39 is 36.3 Å². The van der Waals surface area contributed by atoms with Gasteiger partial charge in [-0.1, -0.05) is 11.6 Å². The first-order chi connectivity index (χ1) is 14.4. The van der Waals surface area contributed by atoms with Crippen LogP contribution in [0.1, 0.15) is 17.9 Å². The lowest BCUT2D eigenvalue weighted by Crippen LogP contribution is -2.51. The molecule has 2 amide bonds. The van der Waals surface area contributed by atoms with Gasteiger partial charge in [-0.25, -0.2) is 18.0 Å². The van der Waals surface area contributed by atoms with Crippen molar-refractivity contribution < 1.29 is 22.7 Å². The van der Waals surface area contributed by atoms with E-state index in [4.69, 9.17) is 16.3 Å². The van der Waals surface area contributed by atoms with E-state index in [2.05, 4.69) is 10.6 Å². The van der Waals surface area contributed by atoms with Gasteiger partial charge >= 0.3 is 6.03 Å². The predicted molar refractivity (Wildman–Crippen MR) is 110 cm³/mol. The lowest BCUT2D eigenvalue weighted by molar-refractivity contribution is 0.161. The summed E-state index contributed by atoms with van der Waals surface area (Å²) in [6.07, 6.45) is 0.420. The predicted octanol–water partition coefficient (Wildman–Crippen LogP) is 4.58. The monoisotopic (exact) mass is 441 g/mol. The summed E-state index contributed by atoms with van der Waals surface area (Å²) in [5, 5.41) is 6.02. The number of rotatable bonds is 6. The standard InChI is InChI=1S/C21H23ClF3N3O2/c1-30-15-10-17(24)20(18(25)11-15)16-12-28(9-7-23)8-6-19(16)27-21(29)26-14-4-2-13(22)3-5-14/h2-5,10-11,16,19H,6-9,12H2,1H3,(H2,26,27,29)/t16?,19-/m1/s1. The number of alkyl halides is 1. The Morgan fingerprint density at radius 3 is 2.50 bits per heavy atom. The van der Waals surface area contributed by atoms with Crippen molar-refractivity contribution in [1.82, 2.24) is 10.2 Å². The fourth-order valence-electron chi connectivity index (χ4n) is 3.71. The number of nitrogens with one attached hydrogen (secondary N) is 2. The largest absolute Gasteiger partial charge is 0.497 e. The van der Waals surface area contributed by atoms with Crippen LogP contribution in [-0.2, 0) is 0 Å². The quantitative estimate of drug-likeness (QED) is 0.690. The fourth-order valence-corrected chi connectivity index (χ4v) is 3.84. The van der Waals surface area contributed by atoms with Gasteiger partial charge < -0.3 is 15.4 Å². The topological polar surface area (TPSA) is 53.6 Å². The average Bonchev–Trinajstić information content (AvgIpc) is 2.71. The molecule has 0 aliphatic carbocycles. The molecule has 162 valence electrons. The van der Waals surface area contributed by atoms with Crippen LogP contribution in [0.3, 0.4) is 0 Å². The molecule has 1 aliphatic heterocycles. The number of methoxy groups -OCH3 is 1. The third-order valence-electron chi connectivity index (χ3n) is 5.18. The van der Waals surface area contributed by atoms with Crippen molar-refractivity contribution in [2.24, 2.45) is 0 Å². The molecule has 9 heteroatoms. The minimum Gasteiger partial charge on any atom is -0.497 e. The molecule has 0 saturated carbocycles. The van der Waals surface area contributed by atoms with Crippen LogP contribution in [0.4, 0.5) is 23.7 Å². The molecule has 3 rings (SSSR count). The van der Waals surface area contributed by atoms with Crippen LogP contribution in [0.5, 0.6) is 5.75 Å². The average molecular weight is 442 g/mol. The maximum absolute atomic E-state index is 14.7. The van der Waals surface area contributed by atoms with Crippen LogP contribution in [0.15, 0.2) is 36.4 Å². The summed E-state index contributed by atoms with van der Waals surface area (Å²) in [6.45, 7) is 0.330. The van der Waals surface area contributed by atoms with Crippen molar-refractivity contribution in [2.45, 2.75) is 18.4 Å². The molecule has 1 fully saturated rings. The van der Waals surface area contributed by atoms with E-state index in [-0.39, 0.29) is 24.4 Å². The summed E-state index contributed by atoms with van der Waals surface area (Å²) in [5.74, 6) is -2.14. The SMILES string of the molecule is COc1cc(F)c(C2CN(CCF)CC[C@H]2NC(=O)Nc2ccc(Cl)cc2)c(F)c1. The van der Waals surface area contributed by atoms with Gasteiger partial charge in [-0.15, -0.1) is 0 Å². The van der Waals surface area contributed by atoms with Gasteiger partial charge in [0.25, 0.3) is 0 Å². The van der Waals surface area contributed by atoms with Crippen LogP contribution < -0.4 is 15.4 Å². The highest BCUT2D eigenvalue weighted by Gasteiger charge is 2.35. The van der Waals surface area contributed by atoms with Crippen LogP contribution in [-0.4, -0.2) is 50.4 Å². The number of carbonyl (C=O) groups excluding carboxylic acids is 1. The molecule has 1 heterocycles. The van der Waals surface area contributed by atoms with Gasteiger partial charge in [0.2, 0.25) is 0 Å². The van der Waals surface area contributed by atoms with E-state index in [1.165, 1.54) is 7.11 Å². The fraction of sp³-hybridized carbons (Fsp3) is 0.381. The Morgan fingerprint density at radius 2 is 1.90 bits per heavy atom. The number of piperidine rings is 1. The van der Waals surface area contributed by atoms with Gasteiger partial charge in [0, 0.05) is 60.0 Å². The third kappa shape index (κ3) is 5.37. The number of halogens is 4. The number of carbonyl (C=O) groups is 1. The molecule has 0 spiro atoms. The molecule has 2 N–H and O–H groups in total. The van der Waals surface area contributed by atoms with Crippen molar-refractivity contribution in [2.75, 3.05) is 38.7 Å². The third-order valence-corrected chi connectivity index (χ3v) is 5.43. The lowest BCUT2D eigenvalue weighted by Gasteiger charge is -2.39. The second-order valence-corrected chi connectivity index (χ2v) is 7.54. The molecule has 1 unspecified atom stereocenters. The Bertz CT molecular complexity index is 859. The molecule has 5 nitrogen and oxygen atoms in total. The number of hydrogen-bond donors (Lipinski definition) is 2. The summed E-state index contributed by atoms with van der Waals surface area (Å²) < 4.78 is 47.2. The Hall–Kier alpha value is -2.45. The van der Waals surface area contributed by atoms with E-state index in [1.54, 1.807) is 29.2 Å². The number of likely N-dealkylation sites (tertiary alicyclic amines) is 1. The van der Waals surface area contributed by atoms with Gasteiger partial charge in [0.15, 0.2) is 0 Å². The number of amides is 2. The molecule has 1 aliphatic rings. The maximum atomic E-state index is 14.7. The minimum absolute atomic E-state index is 0.0650. The Balaban J connectivity index is 1.81. The highest BCUT2D eigenvalue weighted by molar-refractivity contribution is 6.30. The molecule has 1 saturated heterocycles. The van der Waals surface area contributed by atoms with E-state index in [0.717, 1.165) is 12.1 Å². The van der Waals surface area contributed by atoms with Crippen molar-refractivity contribution in [1.29, 1.82) is 0 Å². The van der Waals surface area contributed by atoms with E-state index in [9.17, 15) is 18.0 Å². The number of anilines is 1. The first kappa shape index (κ1) is 22.2. The summed E-state index contributed by atoms with van der Waals surface area (Å²) in [4.78, 5) is 14.3. The Morgan fingerprint density at radius 1 is 1.23 bits per heavy atom. The lowest BCUT2D eigenvalue weighted by atomic mass is 9.85. The number of ether oxygens (including phenoxy) is 1. The van der Waals surface area contributed by atoms with E-state index in [0.29, 0.717) is 23.7 Å². The molecular weight excluding hydrogens is 419 g/mol. The number of nitrogens with zero attached hydrogens (tertiary/aromatic N) is 1. The highest BCUT2D eigenvalue weighted by atomic mass is 35.5. The van der Waals surface area contributed by atoms with Crippen molar-refractivity contribution in [3.8, 4) is 5.75 Å². The molecule has 0 radical (unpaired) electrons. The van der Waals surface area contributed by atoms with Crippen molar-refractivity contribution in [3.05, 3.63) is 58.6 Å². The van der Waals surface area contributed by atoms with Crippen LogP contribution in [0, 0.1) is 11.6 Å². The van der Waals surface area contributed by atoms with Gasteiger partial charge in [-0.3, -0.25) is 4.90 Å². The first-order valence-corrected chi connectivity index (χ1v) is 9.93. The second-order valence-electron chi connectivity index (χ2n) is 7.10. The zero-order valence-electron chi connectivity index (χ0n) is 16.4. The molecule has 0 aromatic heterocycles. The molecule has 2 aromatic rings. The molecule has 2 atom stereocenters. The number of hydrogen-bond acceptors (Lipinski definition) is 3. The zero-order valence-corrected chi connectivity index (χ0v) is 17.2. The van der Waals surface area contributed by atoms with Gasteiger partial charge in [-0.05, 0) is 30.7 Å². The maximum Gasteiger partial charge on any atom is 0.319 e. The summed E-state index contributed by atoms with van der Waals surface area (Å²) in [6, 6.07) is 7.74. The van der Waals surface area contributed by atoms with Gasteiger partial charge in [0.05, 0.1) is 7.11 Å².